The molecule has 0 radical (unpaired) electrons. The van der Waals surface area contributed by atoms with Crippen molar-refractivity contribution in [2.75, 3.05) is 6.61 Å². The Morgan fingerprint density at radius 2 is 1.43 bits per heavy atom. The molecule has 30 heavy (non-hydrogen) atoms. The van der Waals surface area contributed by atoms with Crippen molar-refractivity contribution in [3.63, 3.8) is 0 Å². The van der Waals surface area contributed by atoms with Crippen LogP contribution in [0.1, 0.15) is 33.9 Å². The third kappa shape index (κ3) is 3.83. The standard InChI is InChI=1S/C26H29N3O/c1-18-7-11-21(12-8-18)15-23(17-30)29-24-6-4-5-20(3)25(24)28(26(29)27)16-22-13-9-19(2)10-14-22/h4-14,23,27,30H,15-17H2,1-3H3/t23-/m0/s1. The molecule has 4 aromatic rings. The maximum atomic E-state index is 10.3. The summed E-state index contributed by atoms with van der Waals surface area (Å²) in [5.41, 5.74) is 8.40. The molecular weight excluding hydrogens is 370 g/mol. The van der Waals surface area contributed by atoms with Gasteiger partial charge in [0.25, 0.3) is 0 Å². The van der Waals surface area contributed by atoms with E-state index in [0.29, 0.717) is 18.6 Å². The number of imidazole rings is 1. The van der Waals surface area contributed by atoms with E-state index in [-0.39, 0.29) is 12.6 Å². The van der Waals surface area contributed by atoms with Crippen LogP contribution in [0.25, 0.3) is 11.0 Å². The molecule has 1 aromatic heterocycles. The van der Waals surface area contributed by atoms with E-state index in [9.17, 15) is 5.11 Å². The summed E-state index contributed by atoms with van der Waals surface area (Å²) in [5, 5.41) is 19.3. The Morgan fingerprint density at radius 3 is 2.03 bits per heavy atom. The second-order valence-electron chi connectivity index (χ2n) is 8.23. The predicted molar refractivity (Wildman–Crippen MR) is 122 cm³/mol. The number of nitrogens with one attached hydrogen (secondary N) is 1. The molecular formula is C26H29N3O. The minimum Gasteiger partial charge on any atom is -0.394 e. The number of rotatable bonds is 6. The highest BCUT2D eigenvalue weighted by Gasteiger charge is 2.20. The molecule has 4 nitrogen and oxygen atoms in total. The SMILES string of the molecule is Cc1ccc(C[C@@H](CO)n2c(=N)n(Cc3ccc(C)cc3)c3c(C)cccc32)cc1. The number of aromatic nitrogens is 2. The smallest absolute Gasteiger partial charge is 0.203 e. The van der Waals surface area contributed by atoms with Gasteiger partial charge in [-0.05, 0) is 49.9 Å². The summed E-state index contributed by atoms with van der Waals surface area (Å²) in [6, 6.07) is 22.9. The fourth-order valence-electron chi connectivity index (χ4n) is 4.17. The quantitative estimate of drug-likeness (QED) is 0.486. The van der Waals surface area contributed by atoms with Crippen LogP contribution in [0.3, 0.4) is 0 Å². The van der Waals surface area contributed by atoms with Gasteiger partial charge < -0.3 is 14.2 Å². The summed E-state index contributed by atoms with van der Waals surface area (Å²) in [6.07, 6.45) is 0.685. The molecule has 0 amide bonds. The van der Waals surface area contributed by atoms with Crippen LogP contribution in [-0.2, 0) is 13.0 Å². The summed E-state index contributed by atoms with van der Waals surface area (Å²) >= 11 is 0. The van der Waals surface area contributed by atoms with Crippen molar-refractivity contribution < 1.29 is 5.11 Å². The number of fused-ring (bicyclic) bond motifs is 1. The molecule has 0 aliphatic heterocycles. The summed E-state index contributed by atoms with van der Waals surface area (Å²) in [4.78, 5) is 0. The lowest BCUT2D eigenvalue weighted by molar-refractivity contribution is 0.225. The predicted octanol–water partition coefficient (Wildman–Crippen LogP) is 4.67. The Bertz CT molecular complexity index is 1210. The average Bonchev–Trinajstić information content (AvgIpc) is 3.02. The molecule has 0 spiro atoms. The first kappa shape index (κ1) is 20.2. The van der Waals surface area contributed by atoms with Crippen molar-refractivity contribution in [3.05, 3.63) is 100 Å². The first-order valence-electron chi connectivity index (χ1n) is 10.4. The van der Waals surface area contributed by atoms with Crippen molar-refractivity contribution >= 4 is 11.0 Å². The molecule has 1 heterocycles. The Hall–Kier alpha value is -3.11. The van der Waals surface area contributed by atoms with E-state index in [0.717, 1.165) is 16.6 Å². The highest BCUT2D eigenvalue weighted by molar-refractivity contribution is 5.79. The molecule has 4 heteroatoms. The van der Waals surface area contributed by atoms with Crippen LogP contribution >= 0.6 is 0 Å². The molecule has 0 bridgehead atoms. The lowest BCUT2D eigenvalue weighted by Crippen LogP contribution is -2.30. The van der Waals surface area contributed by atoms with E-state index >= 15 is 0 Å². The fraction of sp³-hybridized carbons (Fsp3) is 0.269. The molecule has 0 fully saturated rings. The van der Waals surface area contributed by atoms with Gasteiger partial charge in [-0.25, -0.2) is 0 Å². The van der Waals surface area contributed by atoms with Crippen LogP contribution in [-0.4, -0.2) is 20.8 Å². The molecule has 1 atom stereocenters. The lowest BCUT2D eigenvalue weighted by atomic mass is 10.0. The van der Waals surface area contributed by atoms with Gasteiger partial charge in [0.2, 0.25) is 5.62 Å². The summed E-state index contributed by atoms with van der Waals surface area (Å²) in [5.74, 6) is 0. The van der Waals surface area contributed by atoms with Crippen molar-refractivity contribution in [1.82, 2.24) is 9.13 Å². The van der Waals surface area contributed by atoms with Gasteiger partial charge in [-0.1, -0.05) is 71.8 Å². The summed E-state index contributed by atoms with van der Waals surface area (Å²) < 4.78 is 4.06. The van der Waals surface area contributed by atoms with Crippen LogP contribution in [0, 0.1) is 26.2 Å². The van der Waals surface area contributed by atoms with Crippen LogP contribution < -0.4 is 5.62 Å². The number of hydrogen-bond acceptors (Lipinski definition) is 2. The zero-order chi connectivity index (χ0) is 21.3. The highest BCUT2D eigenvalue weighted by atomic mass is 16.3. The van der Waals surface area contributed by atoms with E-state index in [2.05, 4.69) is 86.0 Å². The third-order valence-corrected chi connectivity index (χ3v) is 5.86. The van der Waals surface area contributed by atoms with Crippen molar-refractivity contribution in [1.29, 1.82) is 5.41 Å². The summed E-state index contributed by atoms with van der Waals surface area (Å²) in [7, 11) is 0. The van der Waals surface area contributed by atoms with Crippen molar-refractivity contribution in [3.8, 4) is 0 Å². The highest BCUT2D eigenvalue weighted by Crippen LogP contribution is 2.24. The van der Waals surface area contributed by atoms with Crippen molar-refractivity contribution in [2.45, 2.75) is 39.8 Å². The molecule has 2 N–H and O–H groups in total. The Balaban J connectivity index is 1.82. The largest absolute Gasteiger partial charge is 0.394 e. The number of para-hydroxylation sites is 1. The first-order chi connectivity index (χ1) is 14.5. The van der Waals surface area contributed by atoms with Gasteiger partial charge >= 0.3 is 0 Å². The zero-order valence-electron chi connectivity index (χ0n) is 17.9. The summed E-state index contributed by atoms with van der Waals surface area (Å²) in [6.45, 7) is 6.87. The number of benzene rings is 3. The normalized spacial score (nSPS) is 12.4. The molecule has 0 saturated heterocycles. The van der Waals surface area contributed by atoms with Gasteiger partial charge in [0.1, 0.15) is 0 Å². The number of aliphatic hydroxyl groups excluding tert-OH is 1. The second kappa shape index (κ2) is 8.33. The average molecular weight is 400 g/mol. The Kier molecular flexibility index (Phi) is 5.60. The van der Waals surface area contributed by atoms with Gasteiger partial charge in [0.05, 0.1) is 30.2 Å². The van der Waals surface area contributed by atoms with E-state index in [1.807, 2.05) is 10.6 Å². The molecule has 3 aromatic carbocycles. The van der Waals surface area contributed by atoms with Crippen LogP contribution in [0.2, 0.25) is 0 Å². The third-order valence-electron chi connectivity index (χ3n) is 5.86. The first-order valence-corrected chi connectivity index (χ1v) is 10.4. The topological polar surface area (TPSA) is 53.9 Å². The van der Waals surface area contributed by atoms with E-state index < -0.39 is 0 Å². The molecule has 0 saturated carbocycles. The zero-order valence-corrected chi connectivity index (χ0v) is 17.9. The van der Waals surface area contributed by atoms with Gasteiger partial charge in [-0.3, -0.25) is 5.41 Å². The van der Waals surface area contributed by atoms with Crippen LogP contribution in [0.5, 0.6) is 0 Å². The van der Waals surface area contributed by atoms with E-state index in [1.165, 1.54) is 22.3 Å². The molecule has 4 rings (SSSR count). The van der Waals surface area contributed by atoms with Gasteiger partial charge in [-0.2, -0.15) is 0 Å². The number of nitrogens with zero attached hydrogens (tertiary/aromatic N) is 2. The molecule has 0 aliphatic rings. The second-order valence-corrected chi connectivity index (χ2v) is 8.23. The number of hydrogen-bond donors (Lipinski definition) is 2. The minimum absolute atomic E-state index is 0.0119. The van der Waals surface area contributed by atoms with Crippen molar-refractivity contribution in [2.24, 2.45) is 0 Å². The number of aliphatic hydroxyl groups is 1. The fourth-order valence-corrected chi connectivity index (χ4v) is 4.17. The maximum Gasteiger partial charge on any atom is 0.203 e. The van der Waals surface area contributed by atoms with Crippen LogP contribution in [0.15, 0.2) is 66.7 Å². The molecule has 0 unspecified atom stereocenters. The van der Waals surface area contributed by atoms with Gasteiger partial charge in [-0.15, -0.1) is 0 Å². The Labute approximate surface area is 177 Å². The molecule has 0 aliphatic carbocycles. The van der Waals surface area contributed by atoms with E-state index in [1.54, 1.807) is 0 Å². The maximum absolute atomic E-state index is 10.3. The number of aryl methyl sites for hydroxylation is 3. The van der Waals surface area contributed by atoms with Gasteiger partial charge in [0.15, 0.2) is 0 Å². The lowest BCUT2D eigenvalue weighted by Gasteiger charge is -2.17. The van der Waals surface area contributed by atoms with Crippen LogP contribution in [0.4, 0.5) is 0 Å². The molecule has 154 valence electrons. The van der Waals surface area contributed by atoms with E-state index in [4.69, 9.17) is 5.41 Å². The Morgan fingerprint density at radius 1 is 0.833 bits per heavy atom. The van der Waals surface area contributed by atoms with Gasteiger partial charge in [0, 0.05) is 0 Å². The monoisotopic (exact) mass is 399 g/mol. The minimum atomic E-state index is -0.191.